The summed E-state index contributed by atoms with van der Waals surface area (Å²) in [4.78, 5) is 0.530. The van der Waals surface area contributed by atoms with E-state index in [4.69, 9.17) is 5.73 Å². The molecule has 1 aliphatic heterocycles. The van der Waals surface area contributed by atoms with Crippen LogP contribution in [0.2, 0.25) is 0 Å². The molecule has 12 heavy (non-hydrogen) atoms. The molecular weight excluding hydrogens is 174 g/mol. The number of nitrogen functional groups attached to an aromatic ring is 1. The first-order chi connectivity index (χ1) is 5.61. The van der Waals surface area contributed by atoms with Gasteiger partial charge in [0, 0.05) is 16.7 Å². The maximum Gasteiger partial charge on any atom is 0.0723 e. The van der Waals surface area contributed by atoms with Crippen LogP contribution in [0.1, 0.15) is 5.56 Å². The molecule has 0 amide bonds. The van der Waals surface area contributed by atoms with Gasteiger partial charge in [-0.25, -0.2) is 0 Å². The van der Waals surface area contributed by atoms with Crippen LogP contribution < -0.4 is 5.73 Å². The highest BCUT2D eigenvalue weighted by atomic mass is 32.3. The first-order valence-electron chi connectivity index (χ1n) is 3.46. The Morgan fingerprint density at radius 1 is 1.25 bits per heavy atom. The van der Waals surface area contributed by atoms with E-state index in [0.717, 1.165) is 5.56 Å². The van der Waals surface area contributed by atoms with Crippen molar-refractivity contribution in [1.29, 1.82) is 0 Å². The van der Waals surface area contributed by atoms with Gasteiger partial charge >= 0.3 is 0 Å². The highest BCUT2D eigenvalue weighted by Crippen LogP contribution is 2.56. The van der Waals surface area contributed by atoms with E-state index in [2.05, 4.69) is 0 Å². The zero-order valence-electron chi connectivity index (χ0n) is 6.27. The number of fused-ring (bicyclic) bond motifs is 1. The first-order valence-corrected chi connectivity index (χ1v) is 5.07. The van der Waals surface area contributed by atoms with Gasteiger partial charge in [-0.2, -0.15) is 0 Å². The van der Waals surface area contributed by atoms with Gasteiger partial charge in [-0.05, 0) is 18.2 Å². The second-order valence-corrected chi connectivity index (χ2v) is 4.55. The molecule has 3 nitrogen and oxygen atoms in total. The zero-order chi connectivity index (χ0) is 8.77. The molecule has 4 N–H and O–H groups in total. The molecule has 0 aliphatic carbocycles. The minimum Gasteiger partial charge on any atom is -0.398 e. The molecule has 2 rings (SSSR count). The number of anilines is 1. The Kier molecular flexibility index (Phi) is 1.44. The quantitative estimate of drug-likeness (QED) is 0.541. The molecule has 0 saturated carbocycles. The lowest BCUT2D eigenvalue weighted by atomic mass is 10.2. The lowest BCUT2D eigenvalue weighted by Crippen LogP contribution is -1.94. The third kappa shape index (κ3) is 0.929. The highest BCUT2D eigenvalue weighted by Gasteiger charge is 2.22. The van der Waals surface area contributed by atoms with Crippen LogP contribution in [0, 0.1) is 0 Å². The Morgan fingerprint density at radius 3 is 2.67 bits per heavy atom. The summed E-state index contributed by atoms with van der Waals surface area (Å²) in [5, 5.41) is 1.40. The van der Waals surface area contributed by atoms with Crippen molar-refractivity contribution in [2.45, 2.75) is 4.90 Å². The third-order valence-corrected chi connectivity index (χ3v) is 3.37. The van der Waals surface area contributed by atoms with Crippen molar-refractivity contribution in [2.75, 3.05) is 5.73 Å². The topological polar surface area (TPSA) is 66.5 Å². The monoisotopic (exact) mass is 183 g/mol. The molecule has 0 fully saturated rings. The fourth-order valence-corrected chi connectivity index (χ4v) is 2.50. The standard InChI is InChI=1S/C8H9NO2S/c9-7-2-1-3-8-6(7)4-5-12(8,10)11/h1-5,10-11H,9H2. The number of hydrogen-bond acceptors (Lipinski definition) is 3. The maximum atomic E-state index is 9.47. The summed E-state index contributed by atoms with van der Waals surface area (Å²) in [6, 6.07) is 5.14. The number of hydrogen-bond donors (Lipinski definition) is 3. The van der Waals surface area contributed by atoms with Gasteiger partial charge in [-0.15, -0.1) is 10.6 Å². The van der Waals surface area contributed by atoms with Crippen molar-refractivity contribution >= 4 is 22.4 Å². The second-order valence-electron chi connectivity index (χ2n) is 2.65. The van der Waals surface area contributed by atoms with Gasteiger partial charge in [0.1, 0.15) is 0 Å². The first kappa shape index (κ1) is 7.67. The highest BCUT2D eigenvalue weighted by molar-refractivity contribution is 8.27. The smallest absolute Gasteiger partial charge is 0.0723 e. The van der Waals surface area contributed by atoms with Crippen LogP contribution in [-0.4, -0.2) is 9.11 Å². The van der Waals surface area contributed by atoms with E-state index in [1.54, 1.807) is 24.3 Å². The minimum absolute atomic E-state index is 0.530. The summed E-state index contributed by atoms with van der Waals surface area (Å²) in [7, 11) is -2.69. The molecule has 0 radical (unpaired) electrons. The predicted molar refractivity (Wildman–Crippen MR) is 51.0 cm³/mol. The molecule has 4 heteroatoms. The van der Waals surface area contributed by atoms with Crippen molar-refractivity contribution in [3.05, 3.63) is 29.2 Å². The normalized spacial score (nSPS) is 20.5. The number of benzene rings is 1. The van der Waals surface area contributed by atoms with Crippen molar-refractivity contribution in [3.63, 3.8) is 0 Å². The Balaban J connectivity index is 2.68. The summed E-state index contributed by atoms with van der Waals surface area (Å²) in [6.07, 6.45) is 1.65. The molecule has 0 unspecified atom stereocenters. The Hall–Kier alpha value is -0.970. The van der Waals surface area contributed by atoms with Crippen LogP contribution in [0.4, 0.5) is 5.69 Å². The Labute approximate surface area is 71.9 Å². The molecule has 0 aromatic heterocycles. The largest absolute Gasteiger partial charge is 0.398 e. The van der Waals surface area contributed by atoms with Crippen LogP contribution in [0.25, 0.3) is 6.08 Å². The van der Waals surface area contributed by atoms with Crippen LogP contribution >= 0.6 is 10.6 Å². The SMILES string of the molecule is Nc1cccc2c1C=CS2(O)O. The van der Waals surface area contributed by atoms with Crippen LogP contribution in [0.15, 0.2) is 28.5 Å². The molecule has 1 aliphatic rings. The summed E-state index contributed by atoms with van der Waals surface area (Å²) >= 11 is 0. The lowest BCUT2D eigenvalue weighted by Gasteiger charge is -2.25. The van der Waals surface area contributed by atoms with E-state index in [-0.39, 0.29) is 0 Å². The Morgan fingerprint density at radius 2 is 2.00 bits per heavy atom. The minimum atomic E-state index is -2.69. The van der Waals surface area contributed by atoms with Gasteiger partial charge in [0.25, 0.3) is 0 Å². The fourth-order valence-electron chi connectivity index (χ4n) is 1.24. The average molecular weight is 183 g/mol. The molecule has 1 aromatic carbocycles. The van der Waals surface area contributed by atoms with Crippen LogP contribution in [-0.2, 0) is 0 Å². The molecule has 0 bridgehead atoms. The van der Waals surface area contributed by atoms with Crippen LogP contribution in [0.5, 0.6) is 0 Å². The summed E-state index contributed by atoms with van der Waals surface area (Å²) < 4.78 is 18.9. The van der Waals surface area contributed by atoms with Crippen molar-refractivity contribution in [3.8, 4) is 0 Å². The van der Waals surface area contributed by atoms with E-state index in [1.807, 2.05) is 0 Å². The fraction of sp³-hybridized carbons (Fsp3) is 0. The van der Waals surface area contributed by atoms with E-state index >= 15 is 0 Å². The zero-order valence-corrected chi connectivity index (χ0v) is 7.08. The van der Waals surface area contributed by atoms with E-state index < -0.39 is 10.6 Å². The van der Waals surface area contributed by atoms with Gasteiger partial charge in [-0.1, -0.05) is 6.07 Å². The van der Waals surface area contributed by atoms with E-state index in [9.17, 15) is 9.11 Å². The van der Waals surface area contributed by atoms with E-state index in [0.29, 0.717) is 10.6 Å². The van der Waals surface area contributed by atoms with Crippen molar-refractivity contribution in [2.24, 2.45) is 0 Å². The van der Waals surface area contributed by atoms with Gasteiger partial charge in [0.15, 0.2) is 0 Å². The molecule has 0 atom stereocenters. The molecule has 0 saturated heterocycles. The summed E-state index contributed by atoms with van der Waals surface area (Å²) in [5.41, 5.74) is 6.95. The second kappa shape index (κ2) is 2.26. The Bertz CT molecular complexity index is 360. The summed E-state index contributed by atoms with van der Waals surface area (Å²) in [5.74, 6) is 0. The van der Waals surface area contributed by atoms with Gasteiger partial charge < -0.3 is 5.73 Å². The van der Waals surface area contributed by atoms with Gasteiger partial charge in [0.2, 0.25) is 0 Å². The van der Waals surface area contributed by atoms with Gasteiger partial charge in [0.05, 0.1) is 4.90 Å². The summed E-state index contributed by atoms with van der Waals surface area (Å²) in [6.45, 7) is 0. The van der Waals surface area contributed by atoms with Crippen LogP contribution in [0.3, 0.4) is 0 Å². The molecule has 1 heterocycles. The van der Waals surface area contributed by atoms with Crippen molar-refractivity contribution in [1.82, 2.24) is 0 Å². The molecule has 1 aromatic rings. The third-order valence-electron chi connectivity index (χ3n) is 1.85. The van der Waals surface area contributed by atoms with E-state index in [1.165, 1.54) is 5.41 Å². The number of rotatable bonds is 0. The molecular formula is C8H9NO2S. The maximum absolute atomic E-state index is 9.47. The average Bonchev–Trinajstić information content (AvgIpc) is 2.30. The molecule has 0 spiro atoms. The number of nitrogens with two attached hydrogens (primary N) is 1. The lowest BCUT2D eigenvalue weighted by molar-refractivity contribution is 0.501. The van der Waals surface area contributed by atoms with Gasteiger partial charge in [-0.3, -0.25) is 9.11 Å². The van der Waals surface area contributed by atoms with Crippen molar-refractivity contribution < 1.29 is 9.11 Å². The predicted octanol–water partition coefficient (Wildman–Crippen LogP) is 2.36. The molecule has 64 valence electrons.